The van der Waals surface area contributed by atoms with Crippen LogP contribution in [0.3, 0.4) is 0 Å². The summed E-state index contributed by atoms with van der Waals surface area (Å²) in [6.07, 6.45) is 3.21. The van der Waals surface area contributed by atoms with Gasteiger partial charge in [-0.25, -0.2) is 0 Å². The Kier molecular flexibility index (Phi) is 4.56. The molecule has 0 spiro atoms. The summed E-state index contributed by atoms with van der Waals surface area (Å²) in [7, 11) is 3.63. The predicted molar refractivity (Wildman–Crippen MR) is 90.4 cm³/mol. The van der Waals surface area contributed by atoms with Crippen LogP contribution < -0.4 is 9.47 Å². The first kappa shape index (κ1) is 16.6. The van der Waals surface area contributed by atoms with Crippen LogP contribution in [0.25, 0.3) is 0 Å². The topological polar surface area (TPSA) is 59.0 Å². The third kappa shape index (κ3) is 2.94. The van der Waals surface area contributed by atoms with Crippen molar-refractivity contribution in [1.29, 1.82) is 0 Å². The van der Waals surface area contributed by atoms with Gasteiger partial charge in [0.25, 0.3) is 0 Å². The zero-order chi connectivity index (χ0) is 16.6. The van der Waals surface area contributed by atoms with Crippen molar-refractivity contribution in [2.24, 2.45) is 0 Å². The fraction of sp³-hybridized carbons (Fsp3) is 0.588. The molecule has 0 radical (unpaired) electrons. The van der Waals surface area contributed by atoms with Crippen molar-refractivity contribution >= 4 is 21.9 Å². The highest BCUT2D eigenvalue weighted by atomic mass is 79.9. The average molecular weight is 384 g/mol. The van der Waals surface area contributed by atoms with Crippen molar-refractivity contribution in [3.8, 4) is 11.5 Å². The standard InChI is InChI=1S/C17H22BrNO4/c1-19-9-12(10-19)23-15-13(7-11(18)8-14(15)22-2)17(16(20)21)5-3-4-6-17/h7-8,12H,3-6,9-10H2,1-2H3,(H,20,21). The first-order valence-corrected chi connectivity index (χ1v) is 8.72. The Bertz CT molecular complexity index is 607. The van der Waals surface area contributed by atoms with Crippen LogP contribution in [0.5, 0.6) is 11.5 Å². The zero-order valence-electron chi connectivity index (χ0n) is 13.5. The number of methoxy groups -OCH3 is 1. The Hall–Kier alpha value is -1.27. The van der Waals surface area contributed by atoms with Gasteiger partial charge in [-0.1, -0.05) is 28.8 Å². The van der Waals surface area contributed by atoms with Gasteiger partial charge in [0, 0.05) is 23.1 Å². The van der Waals surface area contributed by atoms with Gasteiger partial charge in [-0.15, -0.1) is 0 Å². The summed E-state index contributed by atoms with van der Waals surface area (Å²) in [5.41, 5.74) is -0.134. The number of likely N-dealkylation sites (N-methyl/N-ethyl adjacent to an activating group) is 1. The van der Waals surface area contributed by atoms with Crippen molar-refractivity contribution in [3.05, 3.63) is 22.2 Å². The second kappa shape index (κ2) is 6.32. The zero-order valence-corrected chi connectivity index (χ0v) is 15.1. The number of likely N-dealkylation sites (tertiary alicyclic amines) is 1. The highest BCUT2D eigenvalue weighted by Gasteiger charge is 2.46. The van der Waals surface area contributed by atoms with Crippen LogP contribution in [0, 0.1) is 0 Å². The lowest BCUT2D eigenvalue weighted by atomic mass is 9.78. The maximum atomic E-state index is 12.1. The Balaban J connectivity index is 2.06. The number of aliphatic carboxylic acids is 1. The molecule has 1 N–H and O–H groups in total. The molecule has 5 nitrogen and oxygen atoms in total. The molecule has 3 rings (SSSR count). The number of nitrogens with zero attached hydrogens (tertiary/aromatic N) is 1. The summed E-state index contributed by atoms with van der Waals surface area (Å²) in [6, 6.07) is 3.73. The van der Waals surface area contributed by atoms with Crippen LogP contribution in [0.15, 0.2) is 16.6 Å². The number of halogens is 1. The molecule has 0 bridgehead atoms. The number of benzene rings is 1. The fourth-order valence-electron chi connectivity index (χ4n) is 3.66. The molecule has 0 amide bonds. The summed E-state index contributed by atoms with van der Waals surface area (Å²) in [4.78, 5) is 14.3. The van der Waals surface area contributed by atoms with E-state index < -0.39 is 11.4 Å². The summed E-state index contributed by atoms with van der Waals surface area (Å²) in [5.74, 6) is 0.417. The van der Waals surface area contributed by atoms with Crippen LogP contribution in [0.2, 0.25) is 0 Å². The lowest BCUT2D eigenvalue weighted by Gasteiger charge is -2.38. The number of hydrogen-bond acceptors (Lipinski definition) is 4. The van der Waals surface area contributed by atoms with Gasteiger partial charge in [-0.05, 0) is 32.0 Å². The van der Waals surface area contributed by atoms with E-state index in [2.05, 4.69) is 20.8 Å². The third-order valence-electron chi connectivity index (χ3n) is 4.94. The summed E-state index contributed by atoms with van der Waals surface area (Å²) in [5, 5.41) is 9.92. The molecule has 23 heavy (non-hydrogen) atoms. The van der Waals surface area contributed by atoms with E-state index in [9.17, 15) is 9.90 Å². The predicted octanol–water partition coefficient (Wildman–Crippen LogP) is 3.05. The Morgan fingerprint density at radius 3 is 2.52 bits per heavy atom. The Labute approximate surface area is 144 Å². The summed E-state index contributed by atoms with van der Waals surface area (Å²) in [6.45, 7) is 1.69. The minimum Gasteiger partial charge on any atom is -0.493 e. The van der Waals surface area contributed by atoms with Crippen LogP contribution >= 0.6 is 15.9 Å². The lowest BCUT2D eigenvalue weighted by Crippen LogP contribution is -2.51. The first-order valence-electron chi connectivity index (χ1n) is 7.93. The molecule has 1 aromatic carbocycles. The number of carbonyl (C=O) groups is 1. The molecule has 1 aliphatic carbocycles. The maximum Gasteiger partial charge on any atom is 0.314 e. The Morgan fingerprint density at radius 2 is 2.00 bits per heavy atom. The van der Waals surface area contributed by atoms with Crippen molar-refractivity contribution in [3.63, 3.8) is 0 Å². The highest BCUT2D eigenvalue weighted by Crippen LogP contribution is 2.49. The Morgan fingerprint density at radius 1 is 1.35 bits per heavy atom. The van der Waals surface area contributed by atoms with Crippen molar-refractivity contribution in [2.45, 2.75) is 37.2 Å². The molecule has 2 aliphatic rings. The molecule has 126 valence electrons. The number of carboxylic acids is 1. The highest BCUT2D eigenvalue weighted by molar-refractivity contribution is 9.10. The van der Waals surface area contributed by atoms with Gasteiger partial charge in [0.15, 0.2) is 11.5 Å². The molecular weight excluding hydrogens is 362 g/mol. The molecule has 1 saturated heterocycles. The molecule has 0 atom stereocenters. The number of rotatable bonds is 5. The van der Waals surface area contributed by atoms with Gasteiger partial charge >= 0.3 is 5.97 Å². The van der Waals surface area contributed by atoms with Gasteiger partial charge < -0.3 is 14.6 Å². The number of hydrogen-bond donors (Lipinski definition) is 1. The molecule has 0 aromatic heterocycles. The molecular formula is C17H22BrNO4. The van der Waals surface area contributed by atoms with E-state index in [0.29, 0.717) is 24.3 Å². The largest absolute Gasteiger partial charge is 0.493 e. The first-order chi connectivity index (χ1) is 11.0. The van der Waals surface area contributed by atoms with E-state index in [-0.39, 0.29) is 6.10 Å². The van der Waals surface area contributed by atoms with Crippen molar-refractivity contribution in [1.82, 2.24) is 4.90 Å². The fourth-order valence-corrected chi connectivity index (χ4v) is 4.09. The summed E-state index contributed by atoms with van der Waals surface area (Å²) < 4.78 is 12.5. The third-order valence-corrected chi connectivity index (χ3v) is 5.39. The second-order valence-corrected chi connectivity index (χ2v) is 7.46. The van der Waals surface area contributed by atoms with Gasteiger partial charge in [-0.2, -0.15) is 0 Å². The quantitative estimate of drug-likeness (QED) is 0.846. The van der Waals surface area contributed by atoms with Gasteiger partial charge in [0.05, 0.1) is 12.5 Å². The normalized spacial score (nSPS) is 21.0. The van der Waals surface area contributed by atoms with E-state index in [1.54, 1.807) is 7.11 Å². The van der Waals surface area contributed by atoms with Crippen LogP contribution in [0.4, 0.5) is 0 Å². The molecule has 1 heterocycles. The van der Waals surface area contributed by atoms with E-state index in [4.69, 9.17) is 9.47 Å². The SMILES string of the molecule is COc1cc(Br)cc(C2(C(=O)O)CCCC2)c1OC1CN(C)C1. The van der Waals surface area contributed by atoms with Crippen LogP contribution in [-0.4, -0.2) is 49.3 Å². The molecule has 1 saturated carbocycles. The average Bonchev–Trinajstić information content (AvgIpc) is 2.97. The molecule has 2 fully saturated rings. The van der Waals surface area contributed by atoms with E-state index in [1.165, 1.54) is 0 Å². The van der Waals surface area contributed by atoms with Gasteiger partial charge in [0.2, 0.25) is 0 Å². The lowest BCUT2D eigenvalue weighted by molar-refractivity contribution is -0.143. The monoisotopic (exact) mass is 383 g/mol. The smallest absolute Gasteiger partial charge is 0.314 e. The molecule has 1 aromatic rings. The van der Waals surface area contributed by atoms with E-state index in [1.807, 2.05) is 19.2 Å². The van der Waals surface area contributed by atoms with Crippen molar-refractivity contribution in [2.75, 3.05) is 27.2 Å². The maximum absolute atomic E-state index is 12.1. The van der Waals surface area contributed by atoms with E-state index >= 15 is 0 Å². The van der Waals surface area contributed by atoms with Crippen LogP contribution in [0.1, 0.15) is 31.2 Å². The number of ether oxygens (including phenoxy) is 2. The molecule has 6 heteroatoms. The van der Waals surface area contributed by atoms with Crippen molar-refractivity contribution < 1.29 is 19.4 Å². The summed E-state index contributed by atoms with van der Waals surface area (Å²) >= 11 is 3.48. The minimum absolute atomic E-state index is 0.0843. The van der Waals surface area contributed by atoms with Crippen LogP contribution in [-0.2, 0) is 10.2 Å². The second-order valence-electron chi connectivity index (χ2n) is 6.54. The molecule has 0 unspecified atom stereocenters. The van der Waals surface area contributed by atoms with Gasteiger partial charge in [0.1, 0.15) is 6.10 Å². The van der Waals surface area contributed by atoms with E-state index in [0.717, 1.165) is 36.0 Å². The van der Waals surface area contributed by atoms with Gasteiger partial charge in [-0.3, -0.25) is 9.69 Å². The number of carboxylic acid groups (broad SMARTS) is 1. The molecule has 1 aliphatic heterocycles. The minimum atomic E-state index is -0.873.